The minimum absolute atomic E-state index is 0.0677. The van der Waals surface area contributed by atoms with E-state index in [0.717, 1.165) is 0 Å². The Kier molecular flexibility index (Phi) is 3.92. The van der Waals surface area contributed by atoms with E-state index in [4.69, 9.17) is 5.14 Å². The van der Waals surface area contributed by atoms with Gasteiger partial charge >= 0.3 is 0 Å². The molecule has 0 aliphatic rings. The van der Waals surface area contributed by atoms with E-state index in [1.807, 2.05) is 0 Å². The van der Waals surface area contributed by atoms with E-state index in [9.17, 15) is 18.0 Å². The number of aryl methyl sites for hydroxylation is 1. The molecule has 1 amide bonds. The van der Waals surface area contributed by atoms with Crippen LogP contribution in [0, 0.1) is 6.92 Å². The first-order chi connectivity index (χ1) is 9.77. The molecule has 0 bridgehead atoms. The van der Waals surface area contributed by atoms with Crippen LogP contribution in [0.25, 0.3) is 0 Å². The molecule has 1 aromatic carbocycles. The highest BCUT2D eigenvalue weighted by molar-refractivity contribution is 7.89. The van der Waals surface area contributed by atoms with Crippen LogP contribution in [-0.4, -0.2) is 19.3 Å². The van der Waals surface area contributed by atoms with E-state index in [1.54, 1.807) is 13.0 Å². The summed E-state index contributed by atoms with van der Waals surface area (Å²) >= 11 is 0. The lowest BCUT2D eigenvalue weighted by molar-refractivity contribution is 0.102. The minimum atomic E-state index is -3.87. The van der Waals surface area contributed by atoms with Crippen LogP contribution >= 0.6 is 0 Å². The molecule has 21 heavy (non-hydrogen) atoms. The number of sulfonamides is 1. The molecule has 0 atom stereocenters. The van der Waals surface area contributed by atoms with Crippen LogP contribution in [0.2, 0.25) is 0 Å². The number of pyridine rings is 1. The molecule has 0 fully saturated rings. The zero-order valence-corrected chi connectivity index (χ0v) is 11.9. The maximum Gasteiger partial charge on any atom is 0.272 e. The highest BCUT2D eigenvalue weighted by atomic mass is 32.2. The Bertz CT molecular complexity index is 856. The average molecular weight is 307 g/mol. The third kappa shape index (κ3) is 3.56. The van der Waals surface area contributed by atoms with E-state index in [0.29, 0.717) is 5.56 Å². The number of H-pyrrole nitrogens is 1. The van der Waals surface area contributed by atoms with Gasteiger partial charge in [0.1, 0.15) is 5.69 Å². The maximum absolute atomic E-state index is 12.0. The van der Waals surface area contributed by atoms with Crippen LogP contribution < -0.4 is 16.0 Å². The third-order valence-corrected chi connectivity index (χ3v) is 3.82. The molecule has 1 heterocycles. The average Bonchev–Trinajstić information content (AvgIpc) is 2.39. The van der Waals surface area contributed by atoms with Crippen molar-refractivity contribution in [1.29, 1.82) is 0 Å². The zero-order valence-electron chi connectivity index (χ0n) is 11.1. The Morgan fingerprint density at radius 2 is 1.95 bits per heavy atom. The molecule has 4 N–H and O–H groups in total. The van der Waals surface area contributed by atoms with Gasteiger partial charge in [-0.15, -0.1) is 0 Å². The lowest BCUT2D eigenvalue weighted by Gasteiger charge is -2.08. The molecular formula is C13H13N3O4S. The van der Waals surface area contributed by atoms with Gasteiger partial charge in [-0.05, 0) is 30.7 Å². The molecular weight excluding hydrogens is 294 g/mol. The van der Waals surface area contributed by atoms with Gasteiger partial charge in [0.25, 0.3) is 5.91 Å². The van der Waals surface area contributed by atoms with E-state index in [1.165, 1.54) is 30.3 Å². The monoisotopic (exact) mass is 307 g/mol. The first-order valence-corrected chi connectivity index (χ1v) is 7.46. The second-order valence-corrected chi connectivity index (χ2v) is 5.94. The molecule has 7 nitrogen and oxygen atoms in total. The highest BCUT2D eigenvalue weighted by Gasteiger charge is 2.14. The van der Waals surface area contributed by atoms with Crippen LogP contribution in [0.4, 0.5) is 5.69 Å². The number of amides is 1. The summed E-state index contributed by atoms with van der Waals surface area (Å²) in [4.78, 5) is 25.4. The van der Waals surface area contributed by atoms with Crippen LogP contribution in [0.3, 0.4) is 0 Å². The lowest BCUT2D eigenvalue weighted by atomic mass is 10.2. The number of carbonyl (C=O) groups is 1. The van der Waals surface area contributed by atoms with Crippen molar-refractivity contribution in [2.24, 2.45) is 5.14 Å². The highest BCUT2D eigenvalue weighted by Crippen LogP contribution is 2.19. The number of hydrogen-bond acceptors (Lipinski definition) is 4. The van der Waals surface area contributed by atoms with Crippen molar-refractivity contribution in [1.82, 2.24) is 4.98 Å². The molecule has 0 spiro atoms. The fraction of sp³-hybridized carbons (Fsp3) is 0.0769. The van der Waals surface area contributed by atoms with Gasteiger partial charge in [0, 0.05) is 11.8 Å². The van der Waals surface area contributed by atoms with Crippen molar-refractivity contribution < 1.29 is 13.2 Å². The summed E-state index contributed by atoms with van der Waals surface area (Å²) in [7, 11) is -3.87. The topological polar surface area (TPSA) is 122 Å². The van der Waals surface area contributed by atoms with Crippen molar-refractivity contribution in [3.63, 3.8) is 0 Å². The first-order valence-electron chi connectivity index (χ1n) is 5.91. The second kappa shape index (κ2) is 5.51. The maximum atomic E-state index is 12.0. The summed E-state index contributed by atoms with van der Waals surface area (Å²) in [5.74, 6) is -0.558. The number of aromatic amines is 1. The molecule has 0 aliphatic heterocycles. The fourth-order valence-electron chi connectivity index (χ4n) is 1.76. The Morgan fingerprint density at radius 1 is 1.24 bits per heavy atom. The predicted molar refractivity (Wildman–Crippen MR) is 77.6 cm³/mol. The summed E-state index contributed by atoms with van der Waals surface area (Å²) in [6.07, 6.45) is 0. The van der Waals surface area contributed by atoms with Crippen molar-refractivity contribution in [2.75, 3.05) is 5.32 Å². The predicted octanol–water partition coefficient (Wildman–Crippen LogP) is 0.583. The van der Waals surface area contributed by atoms with Crippen LogP contribution in [0.5, 0.6) is 0 Å². The zero-order chi connectivity index (χ0) is 15.6. The van der Waals surface area contributed by atoms with Crippen LogP contribution in [0.15, 0.2) is 46.1 Å². The van der Waals surface area contributed by atoms with Gasteiger partial charge < -0.3 is 10.3 Å². The molecule has 1 aromatic heterocycles. The summed E-state index contributed by atoms with van der Waals surface area (Å²) < 4.78 is 22.8. The molecule has 0 saturated carbocycles. The third-order valence-electron chi connectivity index (χ3n) is 2.77. The largest absolute Gasteiger partial charge is 0.321 e. The second-order valence-electron chi connectivity index (χ2n) is 4.41. The minimum Gasteiger partial charge on any atom is -0.321 e. The van der Waals surface area contributed by atoms with Crippen molar-refractivity contribution in [3.05, 3.63) is 58.0 Å². The summed E-state index contributed by atoms with van der Waals surface area (Å²) in [6, 6.07) is 8.50. The number of benzene rings is 1. The lowest BCUT2D eigenvalue weighted by Crippen LogP contribution is -2.19. The Balaban J connectivity index is 2.32. The number of hydrogen-bond donors (Lipinski definition) is 3. The van der Waals surface area contributed by atoms with E-state index < -0.39 is 21.5 Å². The van der Waals surface area contributed by atoms with Gasteiger partial charge in [0.05, 0.1) is 4.90 Å². The van der Waals surface area contributed by atoms with Gasteiger partial charge in [0.15, 0.2) is 0 Å². The Labute approximate surface area is 120 Å². The quantitative estimate of drug-likeness (QED) is 0.767. The molecule has 2 rings (SSSR count). The van der Waals surface area contributed by atoms with Gasteiger partial charge in [0.2, 0.25) is 15.6 Å². The number of nitrogens with two attached hydrogens (primary N) is 1. The SMILES string of the molecule is Cc1ccc(NC(=O)c2cccc(=O)[nH]2)cc1S(N)(=O)=O. The van der Waals surface area contributed by atoms with Crippen molar-refractivity contribution in [3.8, 4) is 0 Å². The molecule has 0 aliphatic carbocycles. The number of nitrogens with one attached hydrogen (secondary N) is 2. The normalized spacial score (nSPS) is 11.1. The van der Waals surface area contributed by atoms with Crippen LogP contribution in [0.1, 0.15) is 16.1 Å². The number of rotatable bonds is 3. The van der Waals surface area contributed by atoms with E-state index in [2.05, 4.69) is 10.3 Å². The van der Waals surface area contributed by atoms with Crippen molar-refractivity contribution in [2.45, 2.75) is 11.8 Å². The van der Waals surface area contributed by atoms with Crippen LogP contribution in [-0.2, 0) is 10.0 Å². The van der Waals surface area contributed by atoms with Crippen molar-refractivity contribution >= 4 is 21.6 Å². The van der Waals surface area contributed by atoms with Gasteiger partial charge in [-0.3, -0.25) is 9.59 Å². The standard InChI is InChI=1S/C13H13N3O4S/c1-8-5-6-9(7-11(8)21(14,19)20)15-13(18)10-3-2-4-12(17)16-10/h2-7H,1H3,(H,15,18)(H,16,17)(H2,14,19,20). The summed E-state index contributed by atoms with van der Waals surface area (Å²) in [5, 5.41) is 7.60. The molecule has 2 aromatic rings. The Hall–Kier alpha value is -2.45. The number of carbonyl (C=O) groups excluding carboxylic acids is 1. The fourth-order valence-corrected chi connectivity index (χ4v) is 2.57. The first kappa shape index (κ1) is 14.9. The molecule has 110 valence electrons. The van der Waals surface area contributed by atoms with E-state index >= 15 is 0 Å². The smallest absolute Gasteiger partial charge is 0.272 e. The van der Waals surface area contributed by atoms with Gasteiger partial charge in [-0.1, -0.05) is 12.1 Å². The molecule has 0 radical (unpaired) electrons. The summed E-state index contributed by atoms with van der Waals surface area (Å²) in [5.41, 5.74) is 0.403. The number of aromatic nitrogens is 1. The summed E-state index contributed by atoms with van der Waals surface area (Å²) in [6.45, 7) is 1.60. The number of anilines is 1. The molecule has 0 saturated heterocycles. The molecule has 0 unspecified atom stereocenters. The van der Waals surface area contributed by atoms with E-state index in [-0.39, 0.29) is 16.3 Å². The van der Waals surface area contributed by atoms with Gasteiger partial charge in [-0.2, -0.15) is 0 Å². The van der Waals surface area contributed by atoms with Gasteiger partial charge in [-0.25, -0.2) is 13.6 Å². The Morgan fingerprint density at radius 3 is 2.57 bits per heavy atom. The number of primary sulfonamides is 1. The molecule has 8 heteroatoms.